The number of hydrogen-bond acceptors (Lipinski definition) is 11. The van der Waals surface area contributed by atoms with E-state index in [2.05, 4.69) is 5.32 Å². The summed E-state index contributed by atoms with van der Waals surface area (Å²) in [5.74, 6) is -9.90. The van der Waals surface area contributed by atoms with Crippen molar-refractivity contribution in [2.45, 2.75) is 63.7 Å². The number of carbonyl (C=O) groups excluding carboxylic acids is 4. The second-order valence-corrected chi connectivity index (χ2v) is 10.1. The lowest BCUT2D eigenvalue weighted by atomic mass is 9.55. The molecule has 12 nitrogen and oxygen atoms in total. The standard InChI is InChI=1S/C27H32N2O10/c1-4-6-14(26(37)39-5-2)29-13-8-7-11-10(3)16-19(22(33)17(11)21(13)32)24(35)27(38)12(20(16)31)9-15(30)18(23(27)34)25(28)36/h7-8,10,12,14,16,20,29,31-34,38H,4-6,9H2,1-3H3,(H2,28,36)/t10-,12+,14?,16+,20+,27+/m0/s1. The van der Waals surface area contributed by atoms with Gasteiger partial charge in [0.2, 0.25) is 5.78 Å². The highest BCUT2D eigenvalue weighted by Gasteiger charge is 2.64. The molecule has 0 heterocycles. The van der Waals surface area contributed by atoms with Crippen molar-refractivity contribution in [2.75, 3.05) is 11.9 Å². The van der Waals surface area contributed by atoms with Gasteiger partial charge in [-0.3, -0.25) is 14.4 Å². The Morgan fingerprint density at radius 2 is 1.87 bits per heavy atom. The highest BCUT2D eigenvalue weighted by molar-refractivity contribution is 6.23. The number of nitrogens with two attached hydrogens (primary N) is 1. The van der Waals surface area contributed by atoms with Crippen molar-refractivity contribution in [3.05, 3.63) is 40.2 Å². The molecule has 1 aromatic carbocycles. The first-order valence-electron chi connectivity index (χ1n) is 12.8. The summed E-state index contributed by atoms with van der Waals surface area (Å²) in [6.45, 7) is 5.32. The number of ketones is 2. The maximum Gasteiger partial charge on any atom is 0.328 e. The molecule has 3 aliphatic rings. The molecule has 8 N–H and O–H groups in total. The van der Waals surface area contributed by atoms with Gasteiger partial charge in [-0.2, -0.15) is 0 Å². The number of Topliss-reactive ketones (excluding diaryl/α,β-unsaturated/α-hetero) is 2. The second-order valence-electron chi connectivity index (χ2n) is 10.1. The van der Waals surface area contributed by atoms with E-state index in [1.54, 1.807) is 19.9 Å². The third-order valence-electron chi connectivity index (χ3n) is 7.98. The number of phenols is 1. The molecule has 210 valence electrons. The van der Waals surface area contributed by atoms with Crippen LogP contribution in [-0.4, -0.2) is 73.3 Å². The summed E-state index contributed by atoms with van der Waals surface area (Å²) >= 11 is 0. The number of esters is 1. The smallest absolute Gasteiger partial charge is 0.328 e. The van der Waals surface area contributed by atoms with Gasteiger partial charge in [0.05, 0.1) is 24.0 Å². The first kappa shape index (κ1) is 28.1. The maximum atomic E-state index is 13.7. The first-order chi connectivity index (χ1) is 18.3. The first-order valence-corrected chi connectivity index (χ1v) is 12.8. The number of hydrogen-bond donors (Lipinski definition) is 7. The topological polar surface area (TPSA) is 217 Å². The van der Waals surface area contributed by atoms with Crippen molar-refractivity contribution in [1.29, 1.82) is 0 Å². The van der Waals surface area contributed by atoms with Gasteiger partial charge in [0.25, 0.3) is 5.91 Å². The normalized spacial score (nSPS) is 28.8. The van der Waals surface area contributed by atoms with Crippen LogP contribution in [0, 0.1) is 11.8 Å². The van der Waals surface area contributed by atoms with E-state index in [4.69, 9.17) is 10.5 Å². The summed E-state index contributed by atoms with van der Waals surface area (Å²) in [6.07, 6.45) is -1.25. The average molecular weight is 545 g/mol. The van der Waals surface area contributed by atoms with Crippen molar-refractivity contribution in [1.82, 2.24) is 0 Å². The molecule has 1 fully saturated rings. The number of nitrogens with one attached hydrogen (secondary N) is 1. The van der Waals surface area contributed by atoms with E-state index in [9.17, 15) is 44.7 Å². The minimum absolute atomic E-state index is 0.0699. The number of primary amides is 1. The fourth-order valence-electron chi connectivity index (χ4n) is 6.08. The number of fused-ring (bicyclic) bond motifs is 3. The van der Waals surface area contributed by atoms with Crippen molar-refractivity contribution in [2.24, 2.45) is 17.6 Å². The predicted molar refractivity (Wildman–Crippen MR) is 136 cm³/mol. The molecule has 1 amide bonds. The largest absolute Gasteiger partial charge is 0.508 e. The molecule has 0 spiro atoms. The fourth-order valence-corrected chi connectivity index (χ4v) is 6.08. The molecule has 4 rings (SSSR count). The van der Waals surface area contributed by atoms with Crippen LogP contribution in [0.25, 0.3) is 5.76 Å². The van der Waals surface area contributed by atoms with Crippen LogP contribution in [0.5, 0.6) is 5.75 Å². The Bertz CT molecular complexity index is 1330. The maximum absolute atomic E-state index is 13.7. The molecule has 1 aromatic rings. The molecular weight excluding hydrogens is 512 g/mol. The van der Waals surface area contributed by atoms with E-state index in [0.29, 0.717) is 18.4 Å². The molecule has 39 heavy (non-hydrogen) atoms. The Labute approximate surface area is 223 Å². The average Bonchev–Trinajstić information content (AvgIpc) is 2.87. The van der Waals surface area contributed by atoms with Crippen molar-refractivity contribution >= 4 is 34.9 Å². The zero-order chi connectivity index (χ0) is 29.0. The summed E-state index contributed by atoms with van der Waals surface area (Å²) in [6, 6.07) is 2.25. The van der Waals surface area contributed by atoms with E-state index in [1.165, 1.54) is 6.07 Å². The number of amides is 1. The van der Waals surface area contributed by atoms with Gasteiger partial charge < -0.3 is 41.3 Å². The SMILES string of the molecule is CCCC(Nc1ccc2c(c1O)C(O)=C1C(=O)[C@]3(O)C(O)=C(C(N)=O)C(=O)C[C@@H]3[C@@H](O)[C@@H]1[C@H]2C)C(=O)OCC. The van der Waals surface area contributed by atoms with Crippen LogP contribution in [0.1, 0.15) is 57.1 Å². The van der Waals surface area contributed by atoms with Gasteiger partial charge >= 0.3 is 5.97 Å². The van der Waals surface area contributed by atoms with Crippen molar-refractivity contribution in [3.63, 3.8) is 0 Å². The lowest BCUT2D eigenvalue weighted by Gasteiger charge is -2.50. The van der Waals surface area contributed by atoms with Gasteiger partial charge in [0.1, 0.15) is 28.9 Å². The number of aliphatic hydroxyl groups is 4. The molecule has 0 radical (unpaired) electrons. The van der Waals surface area contributed by atoms with Gasteiger partial charge in [0, 0.05) is 23.8 Å². The molecule has 0 aromatic heterocycles. The number of benzene rings is 1. The van der Waals surface area contributed by atoms with Crippen LogP contribution < -0.4 is 11.1 Å². The summed E-state index contributed by atoms with van der Waals surface area (Å²) in [7, 11) is 0. The van der Waals surface area contributed by atoms with Crippen LogP contribution in [0.15, 0.2) is 29.0 Å². The van der Waals surface area contributed by atoms with Gasteiger partial charge in [-0.25, -0.2) is 4.79 Å². The lowest BCUT2D eigenvalue weighted by molar-refractivity contribution is -0.160. The Hall–Kier alpha value is -3.90. The molecular formula is C27H32N2O10. The number of rotatable bonds is 7. The zero-order valence-corrected chi connectivity index (χ0v) is 21.7. The quantitative estimate of drug-likeness (QED) is 0.146. The van der Waals surface area contributed by atoms with Gasteiger partial charge in [-0.1, -0.05) is 26.3 Å². The summed E-state index contributed by atoms with van der Waals surface area (Å²) in [5.41, 5.74) is 1.13. The lowest BCUT2D eigenvalue weighted by Crippen LogP contribution is -2.63. The van der Waals surface area contributed by atoms with E-state index < -0.39 is 93.8 Å². The van der Waals surface area contributed by atoms with E-state index in [-0.39, 0.29) is 17.9 Å². The Kier molecular flexibility index (Phi) is 7.21. The third kappa shape index (κ3) is 4.05. The van der Waals surface area contributed by atoms with Crippen LogP contribution in [0.3, 0.4) is 0 Å². The molecule has 1 saturated carbocycles. The number of ether oxygens (including phenoxy) is 1. The van der Waals surface area contributed by atoms with Crippen molar-refractivity contribution in [3.8, 4) is 5.75 Å². The van der Waals surface area contributed by atoms with Gasteiger partial charge in [-0.15, -0.1) is 0 Å². The van der Waals surface area contributed by atoms with E-state index in [0.717, 1.165) is 0 Å². The number of aliphatic hydroxyl groups excluding tert-OH is 3. The fraction of sp³-hybridized carbons (Fsp3) is 0.481. The van der Waals surface area contributed by atoms with Crippen LogP contribution in [0.2, 0.25) is 0 Å². The second kappa shape index (κ2) is 10.0. The number of aromatic hydroxyl groups is 1. The molecule has 0 saturated heterocycles. The monoisotopic (exact) mass is 544 g/mol. The highest BCUT2D eigenvalue weighted by atomic mass is 16.5. The molecule has 0 bridgehead atoms. The predicted octanol–water partition coefficient (Wildman–Crippen LogP) is 1.10. The minimum Gasteiger partial charge on any atom is -0.508 e. The Morgan fingerprint density at radius 3 is 2.46 bits per heavy atom. The Morgan fingerprint density at radius 1 is 1.21 bits per heavy atom. The van der Waals surface area contributed by atoms with Crippen LogP contribution in [0.4, 0.5) is 5.69 Å². The highest BCUT2D eigenvalue weighted by Crippen LogP contribution is 2.56. The van der Waals surface area contributed by atoms with E-state index >= 15 is 0 Å². The molecule has 12 heteroatoms. The summed E-state index contributed by atoms with van der Waals surface area (Å²) in [5, 5.41) is 58.8. The molecule has 6 atom stereocenters. The number of carbonyl (C=O) groups is 4. The molecule has 3 aliphatic carbocycles. The van der Waals surface area contributed by atoms with E-state index in [1.807, 2.05) is 6.92 Å². The Balaban J connectivity index is 1.87. The minimum atomic E-state index is -2.91. The third-order valence-corrected chi connectivity index (χ3v) is 7.98. The van der Waals surface area contributed by atoms with Crippen LogP contribution >= 0.6 is 0 Å². The number of anilines is 1. The number of phenolic OH excluding ortho intramolecular Hbond substituents is 1. The summed E-state index contributed by atoms with van der Waals surface area (Å²) in [4.78, 5) is 50.5. The van der Waals surface area contributed by atoms with Crippen molar-refractivity contribution < 1.29 is 49.4 Å². The van der Waals surface area contributed by atoms with Gasteiger partial charge in [-0.05, 0) is 30.9 Å². The molecule has 1 unspecified atom stereocenters. The van der Waals surface area contributed by atoms with Gasteiger partial charge in [0.15, 0.2) is 11.4 Å². The zero-order valence-electron chi connectivity index (χ0n) is 21.7. The summed E-state index contributed by atoms with van der Waals surface area (Å²) < 4.78 is 5.09. The molecule has 0 aliphatic heterocycles. The van der Waals surface area contributed by atoms with Crippen LogP contribution in [-0.2, 0) is 23.9 Å².